The molecule has 1 aliphatic heterocycles. The van der Waals surface area contributed by atoms with Crippen LogP contribution in [0.25, 0.3) is 0 Å². The number of halogens is 3. The third-order valence-corrected chi connectivity index (χ3v) is 4.66. The molecule has 2 atom stereocenters. The number of carbonyl (C=O) groups is 1. The van der Waals surface area contributed by atoms with Crippen LogP contribution in [-0.4, -0.2) is 35.0 Å². The van der Waals surface area contributed by atoms with Crippen LogP contribution >= 0.6 is 0 Å². The van der Waals surface area contributed by atoms with E-state index in [0.29, 0.717) is 24.3 Å². The third-order valence-electron chi connectivity index (χ3n) is 4.66. The standard InChI is InChI=1S/C18H21F3N4O/c1-25-11-13(8-23-25)14-9-22-10-15(14)17(26)24-16-5-3-2-4-12(16)6-7-18(19,20)21/h2-5,8,11,14-15,22H,6-7,9-10H2,1H3,(H,24,26)/t14-,15+/m1/s1. The number of nitrogens with zero attached hydrogens (tertiary/aromatic N) is 2. The molecule has 1 fully saturated rings. The van der Waals surface area contributed by atoms with Crippen molar-refractivity contribution in [3.8, 4) is 0 Å². The van der Waals surface area contributed by atoms with Crippen LogP contribution in [0.2, 0.25) is 0 Å². The first-order valence-electron chi connectivity index (χ1n) is 8.48. The molecule has 26 heavy (non-hydrogen) atoms. The van der Waals surface area contributed by atoms with Crippen molar-refractivity contribution in [3.63, 3.8) is 0 Å². The molecule has 5 nitrogen and oxygen atoms in total. The van der Waals surface area contributed by atoms with E-state index < -0.39 is 12.6 Å². The summed E-state index contributed by atoms with van der Waals surface area (Å²) >= 11 is 0. The molecule has 1 saturated heterocycles. The smallest absolute Gasteiger partial charge is 0.326 e. The van der Waals surface area contributed by atoms with Gasteiger partial charge in [0.25, 0.3) is 0 Å². The number of benzene rings is 1. The minimum absolute atomic E-state index is 0.00830. The largest absolute Gasteiger partial charge is 0.389 e. The van der Waals surface area contributed by atoms with Gasteiger partial charge in [-0.05, 0) is 23.6 Å². The summed E-state index contributed by atoms with van der Waals surface area (Å²) in [6.45, 7) is 1.19. The number of anilines is 1. The van der Waals surface area contributed by atoms with Gasteiger partial charge in [0.15, 0.2) is 0 Å². The normalized spacial score (nSPS) is 20.3. The number of rotatable bonds is 5. The highest BCUT2D eigenvalue weighted by Crippen LogP contribution is 2.30. The van der Waals surface area contributed by atoms with Crippen LogP contribution in [0.3, 0.4) is 0 Å². The van der Waals surface area contributed by atoms with Crippen molar-refractivity contribution in [2.45, 2.75) is 24.9 Å². The first kappa shape index (κ1) is 18.4. The monoisotopic (exact) mass is 366 g/mol. The molecule has 1 aliphatic rings. The first-order chi connectivity index (χ1) is 12.3. The Labute approximate surface area is 149 Å². The quantitative estimate of drug-likeness (QED) is 0.856. The number of amides is 1. The summed E-state index contributed by atoms with van der Waals surface area (Å²) in [7, 11) is 1.82. The number of carbonyl (C=O) groups excluding carboxylic acids is 1. The van der Waals surface area contributed by atoms with Crippen LogP contribution in [-0.2, 0) is 18.3 Å². The van der Waals surface area contributed by atoms with Crippen LogP contribution in [0.4, 0.5) is 18.9 Å². The van der Waals surface area contributed by atoms with Crippen LogP contribution < -0.4 is 10.6 Å². The Hall–Kier alpha value is -2.35. The highest BCUT2D eigenvalue weighted by molar-refractivity contribution is 5.94. The lowest BCUT2D eigenvalue weighted by Crippen LogP contribution is -2.28. The summed E-state index contributed by atoms with van der Waals surface area (Å²) in [6.07, 6.45) is -1.67. The van der Waals surface area contributed by atoms with E-state index in [1.807, 2.05) is 13.2 Å². The van der Waals surface area contributed by atoms with E-state index in [9.17, 15) is 18.0 Å². The molecule has 1 aromatic heterocycles. The van der Waals surface area contributed by atoms with Gasteiger partial charge in [0, 0.05) is 44.4 Å². The zero-order valence-corrected chi connectivity index (χ0v) is 14.4. The molecule has 8 heteroatoms. The number of para-hydroxylation sites is 1. The molecule has 2 aromatic rings. The lowest BCUT2D eigenvalue weighted by atomic mass is 9.90. The Morgan fingerprint density at radius 3 is 2.81 bits per heavy atom. The summed E-state index contributed by atoms with van der Waals surface area (Å²) in [5.74, 6) is -0.496. The van der Waals surface area contributed by atoms with E-state index in [1.54, 1.807) is 35.1 Å². The van der Waals surface area contributed by atoms with Gasteiger partial charge in [0.05, 0.1) is 12.1 Å². The third kappa shape index (κ3) is 4.43. The van der Waals surface area contributed by atoms with Crippen molar-refractivity contribution in [2.75, 3.05) is 18.4 Å². The van der Waals surface area contributed by atoms with Gasteiger partial charge in [-0.1, -0.05) is 18.2 Å². The molecule has 0 bridgehead atoms. The number of aryl methyl sites for hydroxylation is 2. The minimum Gasteiger partial charge on any atom is -0.326 e. The fraction of sp³-hybridized carbons (Fsp3) is 0.444. The molecule has 0 spiro atoms. The fourth-order valence-corrected chi connectivity index (χ4v) is 3.30. The topological polar surface area (TPSA) is 59.0 Å². The molecule has 0 aliphatic carbocycles. The van der Waals surface area contributed by atoms with E-state index in [0.717, 1.165) is 5.56 Å². The molecular formula is C18H21F3N4O. The number of hydrogen-bond acceptors (Lipinski definition) is 3. The number of hydrogen-bond donors (Lipinski definition) is 2. The predicted molar refractivity (Wildman–Crippen MR) is 91.8 cm³/mol. The van der Waals surface area contributed by atoms with Crippen LogP contribution in [0.5, 0.6) is 0 Å². The average Bonchev–Trinajstić information content (AvgIpc) is 3.21. The van der Waals surface area contributed by atoms with Crippen LogP contribution in [0, 0.1) is 5.92 Å². The highest BCUT2D eigenvalue weighted by atomic mass is 19.4. The lowest BCUT2D eigenvalue weighted by molar-refractivity contribution is -0.133. The Morgan fingerprint density at radius 2 is 2.12 bits per heavy atom. The summed E-state index contributed by atoms with van der Waals surface area (Å²) in [4.78, 5) is 12.8. The lowest BCUT2D eigenvalue weighted by Gasteiger charge is -2.18. The molecule has 2 heterocycles. The SMILES string of the molecule is Cn1cc([C@H]2CNC[C@@H]2C(=O)Nc2ccccc2CCC(F)(F)F)cn1. The summed E-state index contributed by atoms with van der Waals surface area (Å²) in [5, 5.41) is 10.2. The molecule has 1 amide bonds. The Balaban J connectivity index is 1.71. The van der Waals surface area contributed by atoms with Gasteiger partial charge >= 0.3 is 6.18 Å². The zero-order chi connectivity index (χ0) is 18.7. The fourth-order valence-electron chi connectivity index (χ4n) is 3.30. The molecule has 0 unspecified atom stereocenters. The maximum absolute atomic E-state index is 12.8. The second kappa shape index (κ2) is 7.49. The number of nitrogens with one attached hydrogen (secondary N) is 2. The summed E-state index contributed by atoms with van der Waals surface area (Å²) in [6, 6.07) is 6.65. The molecule has 1 aromatic carbocycles. The summed E-state index contributed by atoms with van der Waals surface area (Å²) in [5.41, 5.74) is 1.91. The molecule has 3 rings (SSSR count). The van der Waals surface area contributed by atoms with E-state index in [2.05, 4.69) is 15.7 Å². The molecule has 140 valence electrons. The van der Waals surface area contributed by atoms with Crippen molar-refractivity contribution < 1.29 is 18.0 Å². The van der Waals surface area contributed by atoms with Gasteiger partial charge in [-0.25, -0.2) is 0 Å². The van der Waals surface area contributed by atoms with Gasteiger partial charge in [-0.15, -0.1) is 0 Å². The second-order valence-electron chi connectivity index (χ2n) is 6.58. The van der Waals surface area contributed by atoms with Crippen LogP contribution in [0.1, 0.15) is 23.5 Å². The van der Waals surface area contributed by atoms with Crippen molar-refractivity contribution >= 4 is 11.6 Å². The van der Waals surface area contributed by atoms with Gasteiger partial charge in [-0.2, -0.15) is 18.3 Å². The van der Waals surface area contributed by atoms with Gasteiger partial charge in [0.1, 0.15) is 0 Å². The molecule has 0 radical (unpaired) electrons. The minimum atomic E-state index is -4.22. The highest BCUT2D eigenvalue weighted by Gasteiger charge is 2.35. The second-order valence-corrected chi connectivity index (χ2v) is 6.58. The van der Waals surface area contributed by atoms with Gasteiger partial charge in [-0.3, -0.25) is 9.48 Å². The van der Waals surface area contributed by atoms with Gasteiger partial charge in [0.2, 0.25) is 5.91 Å². The van der Waals surface area contributed by atoms with Crippen LogP contribution in [0.15, 0.2) is 36.7 Å². The predicted octanol–water partition coefficient (Wildman–Crippen LogP) is 2.86. The van der Waals surface area contributed by atoms with Crippen molar-refractivity contribution in [1.29, 1.82) is 0 Å². The summed E-state index contributed by atoms with van der Waals surface area (Å²) < 4.78 is 39.2. The van der Waals surface area contributed by atoms with Crippen molar-refractivity contribution in [1.82, 2.24) is 15.1 Å². The van der Waals surface area contributed by atoms with Crippen molar-refractivity contribution in [3.05, 3.63) is 47.8 Å². The maximum atomic E-state index is 12.8. The molecule has 0 saturated carbocycles. The van der Waals surface area contributed by atoms with E-state index in [4.69, 9.17) is 0 Å². The maximum Gasteiger partial charge on any atom is 0.389 e. The Bertz CT molecular complexity index is 772. The number of alkyl halides is 3. The van der Waals surface area contributed by atoms with Crippen molar-refractivity contribution in [2.24, 2.45) is 13.0 Å². The first-order valence-corrected chi connectivity index (χ1v) is 8.48. The zero-order valence-electron chi connectivity index (χ0n) is 14.4. The Kier molecular flexibility index (Phi) is 5.31. The van der Waals surface area contributed by atoms with E-state index in [1.165, 1.54) is 0 Å². The molecule has 2 N–H and O–H groups in total. The average molecular weight is 366 g/mol. The van der Waals surface area contributed by atoms with E-state index in [-0.39, 0.29) is 24.2 Å². The Morgan fingerprint density at radius 1 is 1.35 bits per heavy atom. The van der Waals surface area contributed by atoms with Gasteiger partial charge < -0.3 is 10.6 Å². The number of aromatic nitrogens is 2. The van der Waals surface area contributed by atoms with E-state index >= 15 is 0 Å². The molecular weight excluding hydrogens is 345 g/mol.